The van der Waals surface area contributed by atoms with Crippen LogP contribution in [0.3, 0.4) is 0 Å². The predicted molar refractivity (Wildman–Crippen MR) is 148 cm³/mol. The number of para-hydroxylation sites is 1. The first-order valence-corrected chi connectivity index (χ1v) is 13.5. The molecular weight excluding hydrogens is 608 g/mol. The summed E-state index contributed by atoms with van der Waals surface area (Å²) in [5.74, 6) is -1.93. The number of non-ortho nitro benzene ring substituents is 1. The molecule has 9 nitrogen and oxygen atoms in total. The van der Waals surface area contributed by atoms with Gasteiger partial charge in [-0.2, -0.15) is 26.3 Å². The van der Waals surface area contributed by atoms with Crippen molar-refractivity contribution in [2.24, 2.45) is 0 Å². The average Bonchev–Trinajstić information content (AvgIpc) is 2.99. The maximum absolute atomic E-state index is 14.0. The summed E-state index contributed by atoms with van der Waals surface area (Å²) < 4.78 is 81.9. The van der Waals surface area contributed by atoms with Gasteiger partial charge in [0.2, 0.25) is 0 Å². The van der Waals surface area contributed by atoms with E-state index in [0.717, 1.165) is 11.2 Å². The molecule has 2 amide bonds. The van der Waals surface area contributed by atoms with Crippen molar-refractivity contribution in [3.63, 3.8) is 0 Å². The highest BCUT2D eigenvalue weighted by Crippen LogP contribution is 2.38. The van der Waals surface area contributed by atoms with E-state index in [-0.39, 0.29) is 36.8 Å². The Balaban J connectivity index is 1.62. The number of carbonyl (C=O) groups is 2. The molecule has 2 heterocycles. The maximum atomic E-state index is 14.0. The van der Waals surface area contributed by atoms with Crippen LogP contribution in [0.1, 0.15) is 56.8 Å². The number of fused-ring (bicyclic) bond motifs is 1. The highest BCUT2D eigenvalue weighted by atomic mass is 19.4. The molecule has 0 radical (unpaired) electrons. The summed E-state index contributed by atoms with van der Waals surface area (Å²) in [6, 6.07) is 12.4. The molecule has 0 aliphatic carbocycles. The number of benzene rings is 3. The van der Waals surface area contributed by atoms with Crippen molar-refractivity contribution in [2.75, 3.05) is 6.54 Å². The molecule has 45 heavy (non-hydrogen) atoms. The molecular formula is C30H23F6N5O4. The summed E-state index contributed by atoms with van der Waals surface area (Å²) in [5.41, 5.74) is -5.31. The molecule has 1 atom stereocenters. The Hall–Kier alpha value is -5.08. The number of aromatic nitrogens is 2. The van der Waals surface area contributed by atoms with Gasteiger partial charge in [-0.1, -0.05) is 30.3 Å². The summed E-state index contributed by atoms with van der Waals surface area (Å²) in [7, 11) is 0. The number of halogens is 6. The summed E-state index contributed by atoms with van der Waals surface area (Å²) in [5, 5.41) is 14.4. The van der Waals surface area contributed by atoms with E-state index in [2.05, 4.69) is 15.3 Å². The van der Waals surface area contributed by atoms with Gasteiger partial charge in [-0.05, 0) is 49.1 Å². The van der Waals surface area contributed by atoms with Crippen molar-refractivity contribution in [1.29, 1.82) is 0 Å². The van der Waals surface area contributed by atoms with E-state index in [1.165, 1.54) is 24.3 Å². The van der Waals surface area contributed by atoms with E-state index in [9.17, 15) is 46.0 Å². The second-order valence-corrected chi connectivity index (χ2v) is 10.5. The number of alkyl halides is 6. The Morgan fingerprint density at radius 2 is 1.56 bits per heavy atom. The quantitative estimate of drug-likeness (QED) is 0.146. The highest BCUT2D eigenvalue weighted by molar-refractivity contribution is 6.05. The first-order chi connectivity index (χ1) is 21.2. The topological polar surface area (TPSA) is 118 Å². The van der Waals surface area contributed by atoms with Gasteiger partial charge in [0.15, 0.2) is 0 Å². The summed E-state index contributed by atoms with van der Waals surface area (Å²) in [6.07, 6.45) is -8.55. The molecule has 1 aliphatic heterocycles. The Kier molecular flexibility index (Phi) is 8.21. The zero-order valence-electron chi connectivity index (χ0n) is 23.2. The average molecular weight is 632 g/mol. The van der Waals surface area contributed by atoms with Gasteiger partial charge in [0.25, 0.3) is 17.5 Å². The SMILES string of the molecule is O=C(NC1(Cc2ccc([N+](=O)[O-])cc2)CCCCN1C(=O)c1cc(C(F)(F)F)cc(C(F)(F)F)c1)c1ncnc2ccccc12. The van der Waals surface area contributed by atoms with E-state index in [0.29, 0.717) is 41.4 Å². The molecule has 1 unspecified atom stereocenters. The zero-order valence-corrected chi connectivity index (χ0v) is 23.2. The van der Waals surface area contributed by atoms with E-state index in [1.807, 2.05) is 0 Å². The number of piperidine rings is 1. The largest absolute Gasteiger partial charge is 0.416 e. The third-order valence-electron chi connectivity index (χ3n) is 7.57. The van der Waals surface area contributed by atoms with E-state index < -0.39 is 51.4 Å². The number of hydrogen-bond donors (Lipinski definition) is 1. The lowest BCUT2D eigenvalue weighted by Crippen LogP contribution is -2.65. The molecule has 1 N–H and O–H groups in total. The number of rotatable bonds is 6. The van der Waals surface area contributed by atoms with Crippen molar-refractivity contribution >= 4 is 28.4 Å². The van der Waals surface area contributed by atoms with Gasteiger partial charge in [-0.25, -0.2) is 9.97 Å². The summed E-state index contributed by atoms with van der Waals surface area (Å²) >= 11 is 0. The molecule has 1 aliphatic rings. The fourth-order valence-corrected chi connectivity index (χ4v) is 5.45. The van der Waals surface area contributed by atoms with Crippen LogP contribution in [0.4, 0.5) is 32.0 Å². The molecule has 3 aromatic carbocycles. The van der Waals surface area contributed by atoms with Crippen LogP contribution in [0, 0.1) is 10.1 Å². The molecule has 0 saturated carbocycles. The van der Waals surface area contributed by atoms with Crippen LogP contribution in [-0.4, -0.2) is 43.8 Å². The van der Waals surface area contributed by atoms with Crippen LogP contribution in [0.5, 0.6) is 0 Å². The minimum absolute atomic E-state index is 0.0651. The lowest BCUT2D eigenvalue weighted by atomic mass is 9.87. The zero-order chi connectivity index (χ0) is 32.6. The minimum Gasteiger partial charge on any atom is -0.327 e. The van der Waals surface area contributed by atoms with Gasteiger partial charge in [-0.15, -0.1) is 0 Å². The first-order valence-electron chi connectivity index (χ1n) is 13.5. The van der Waals surface area contributed by atoms with Gasteiger partial charge in [-0.3, -0.25) is 19.7 Å². The molecule has 0 bridgehead atoms. The third kappa shape index (κ3) is 6.56. The number of amides is 2. The second-order valence-electron chi connectivity index (χ2n) is 10.5. The standard InChI is InChI=1S/C30H23F6N5O4/c31-29(32,33)20-13-19(14-21(15-20)30(34,35)36)27(43)40-12-4-3-11-28(40,16-18-7-9-22(10-8-18)41(44)45)39-26(42)25-23-5-1-2-6-24(23)37-17-38-25/h1-2,5-10,13-15,17H,3-4,11-12,16H2,(H,39,42). The van der Waals surface area contributed by atoms with Crippen LogP contribution in [0.15, 0.2) is 73.1 Å². The van der Waals surface area contributed by atoms with Crippen LogP contribution in [-0.2, 0) is 18.8 Å². The first kappa shape index (κ1) is 31.3. The van der Waals surface area contributed by atoms with Crippen LogP contribution in [0.25, 0.3) is 10.9 Å². The Morgan fingerprint density at radius 3 is 2.18 bits per heavy atom. The number of hydrogen-bond acceptors (Lipinski definition) is 6. The highest BCUT2D eigenvalue weighted by Gasteiger charge is 2.45. The Labute approximate surface area is 251 Å². The number of carbonyl (C=O) groups excluding carboxylic acids is 2. The van der Waals surface area contributed by atoms with Crippen molar-refractivity contribution in [3.8, 4) is 0 Å². The van der Waals surface area contributed by atoms with Crippen molar-refractivity contribution in [2.45, 2.75) is 43.7 Å². The number of likely N-dealkylation sites (tertiary alicyclic amines) is 1. The summed E-state index contributed by atoms with van der Waals surface area (Å²) in [4.78, 5) is 47.6. The smallest absolute Gasteiger partial charge is 0.327 e. The number of nitro benzene ring substituents is 1. The summed E-state index contributed by atoms with van der Waals surface area (Å²) in [6.45, 7) is -0.117. The lowest BCUT2D eigenvalue weighted by molar-refractivity contribution is -0.384. The number of nitro groups is 1. The van der Waals surface area contributed by atoms with Gasteiger partial charge >= 0.3 is 12.4 Å². The minimum atomic E-state index is -5.18. The van der Waals surface area contributed by atoms with E-state index in [1.54, 1.807) is 24.3 Å². The molecule has 1 fully saturated rings. The fourth-order valence-electron chi connectivity index (χ4n) is 5.45. The molecule has 1 aromatic heterocycles. The Bertz CT molecular complexity index is 1740. The van der Waals surface area contributed by atoms with Gasteiger partial charge in [0.05, 0.1) is 21.6 Å². The second kappa shape index (κ2) is 11.8. The van der Waals surface area contributed by atoms with Crippen LogP contribution in [0.2, 0.25) is 0 Å². The van der Waals surface area contributed by atoms with Crippen molar-refractivity contribution in [1.82, 2.24) is 20.2 Å². The molecule has 5 rings (SSSR count). The molecule has 0 spiro atoms. The maximum Gasteiger partial charge on any atom is 0.416 e. The molecule has 4 aromatic rings. The third-order valence-corrected chi connectivity index (χ3v) is 7.57. The van der Waals surface area contributed by atoms with Gasteiger partial charge in [0, 0.05) is 36.0 Å². The Morgan fingerprint density at radius 1 is 0.911 bits per heavy atom. The number of nitrogens with one attached hydrogen (secondary N) is 1. The van der Waals surface area contributed by atoms with E-state index in [4.69, 9.17) is 0 Å². The monoisotopic (exact) mass is 631 g/mol. The normalized spacial score (nSPS) is 17.2. The van der Waals surface area contributed by atoms with Crippen LogP contribution >= 0.6 is 0 Å². The van der Waals surface area contributed by atoms with Crippen molar-refractivity contribution in [3.05, 3.63) is 111 Å². The molecule has 234 valence electrons. The van der Waals surface area contributed by atoms with Crippen molar-refractivity contribution < 1.29 is 40.9 Å². The van der Waals surface area contributed by atoms with E-state index >= 15 is 0 Å². The molecule has 15 heteroatoms. The fraction of sp³-hybridized carbons (Fsp3) is 0.267. The predicted octanol–water partition coefficient (Wildman–Crippen LogP) is 6.57. The van der Waals surface area contributed by atoms with Gasteiger partial charge in [0.1, 0.15) is 17.7 Å². The number of nitrogens with zero attached hydrogens (tertiary/aromatic N) is 4. The molecule has 1 saturated heterocycles. The van der Waals surface area contributed by atoms with Crippen LogP contribution < -0.4 is 5.32 Å². The van der Waals surface area contributed by atoms with Gasteiger partial charge < -0.3 is 10.2 Å². The lowest BCUT2D eigenvalue weighted by Gasteiger charge is -2.48.